The van der Waals surface area contributed by atoms with Gasteiger partial charge in [0.25, 0.3) is 0 Å². The Balaban J connectivity index is 2.16. The summed E-state index contributed by atoms with van der Waals surface area (Å²) in [5, 5.41) is 13.9. The van der Waals surface area contributed by atoms with Crippen LogP contribution in [0.3, 0.4) is 0 Å². The van der Waals surface area contributed by atoms with Crippen molar-refractivity contribution >= 4 is 0 Å². The molecule has 0 saturated carbocycles. The minimum atomic E-state index is -0.465. The maximum Gasteiger partial charge on any atom is 0.0724 e. The summed E-state index contributed by atoms with van der Waals surface area (Å²) in [5.41, 5.74) is -0.239. The van der Waals surface area contributed by atoms with Gasteiger partial charge in [0.2, 0.25) is 0 Å². The first-order valence-electron chi connectivity index (χ1n) is 6.00. The molecule has 2 rings (SSSR count). The van der Waals surface area contributed by atoms with E-state index in [1.54, 1.807) is 0 Å². The molecule has 0 aromatic heterocycles. The van der Waals surface area contributed by atoms with Gasteiger partial charge in [0.15, 0.2) is 0 Å². The van der Waals surface area contributed by atoms with Crippen LogP contribution >= 0.6 is 0 Å². The second-order valence-corrected chi connectivity index (χ2v) is 6.35. The van der Waals surface area contributed by atoms with Crippen molar-refractivity contribution in [1.29, 1.82) is 0 Å². The van der Waals surface area contributed by atoms with E-state index in [1.807, 2.05) is 6.92 Å². The van der Waals surface area contributed by atoms with Crippen molar-refractivity contribution < 1.29 is 5.11 Å². The van der Waals surface area contributed by atoms with Gasteiger partial charge in [0.05, 0.1) is 5.60 Å². The van der Waals surface area contributed by atoms with Crippen LogP contribution < -0.4 is 5.32 Å². The smallest absolute Gasteiger partial charge is 0.0724 e. The number of piperidine rings is 2. The van der Waals surface area contributed by atoms with Crippen LogP contribution in [0.15, 0.2) is 0 Å². The number of likely N-dealkylation sites (tertiary alicyclic amines) is 1. The Kier molecular flexibility index (Phi) is 2.61. The Bertz CT molecular complexity index is 228. The van der Waals surface area contributed by atoms with Crippen LogP contribution in [0, 0.1) is 11.8 Å². The fourth-order valence-electron chi connectivity index (χ4n) is 2.83. The number of nitrogens with zero attached hydrogens (tertiary/aromatic N) is 1. The van der Waals surface area contributed by atoms with Gasteiger partial charge in [-0.3, -0.25) is 4.90 Å². The van der Waals surface area contributed by atoms with E-state index < -0.39 is 5.60 Å². The third kappa shape index (κ3) is 1.93. The molecule has 3 heteroatoms. The maximum absolute atomic E-state index is 10.5. The van der Waals surface area contributed by atoms with Crippen molar-refractivity contribution in [2.75, 3.05) is 26.2 Å². The fraction of sp³-hybridized carbons (Fsp3) is 1.00. The Morgan fingerprint density at radius 2 is 1.67 bits per heavy atom. The van der Waals surface area contributed by atoms with Crippen LogP contribution in [-0.4, -0.2) is 47.3 Å². The van der Waals surface area contributed by atoms with E-state index >= 15 is 0 Å². The predicted octanol–water partition coefficient (Wildman–Crippen LogP) is 0.687. The first-order chi connectivity index (χ1) is 6.82. The van der Waals surface area contributed by atoms with E-state index in [9.17, 15) is 5.11 Å². The van der Waals surface area contributed by atoms with E-state index in [0.717, 1.165) is 26.2 Å². The van der Waals surface area contributed by atoms with Crippen LogP contribution in [0.2, 0.25) is 0 Å². The van der Waals surface area contributed by atoms with Crippen molar-refractivity contribution in [3.05, 3.63) is 0 Å². The normalized spacial score (nSPS) is 43.0. The SMILES string of the molecule is CC1(O)C2CNCC1CN(C(C)(C)C)C2. The zero-order valence-corrected chi connectivity index (χ0v) is 10.4. The lowest BCUT2D eigenvalue weighted by Crippen LogP contribution is -2.67. The van der Waals surface area contributed by atoms with E-state index in [4.69, 9.17) is 0 Å². The molecule has 2 N–H and O–H groups in total. The third-order valence-corrected chi connectivity index (χ3v) is 4.26. The van der Waals surface area contributed by atoms with Crippen molar-refractivity contribution in [3.8, 4) is 0 Å². The van der Waals surface area contributed by atoms with Gasteiger partial charge >= 0.3 is 0 Å². The molecule has 0 aromatic carbocycles. The quantitative estimate of drug-likeness (QED) is 0.620. The van der Waals surface area contributed by atoms with Gasteiger partial charge in [-0.1, -0.05) is 0 Å². The minimum Gasteiger partial charge on any atom is -0.389 e. The van der Waals surface area contributed by atoms with Crippen LogP contribution in [-0.2, 0) is 0 Å². The highest BCUT2D eigenvalue weighted by molar-refractivity contribution is 5.02. The van der Waals surface area contributed by atoms with E-state index in [2.05, 4.69) is 31.0 Å². The summed E-state index contributed by atoms with van der Waals surface area (Å²) in [5.74, 6) is 0.758. The second-order valence-electron chi connectivity index (χ2n) is 6.35. The number of hydrogen-bond acceptors (Lipinski definition) is 3. The Hall–Kier alpha value is -0.120. The summed E-state index contributed by atoms with van der Waals surface area (Å²) >= 11 is 0. The number of rotatable bonds is 0. The summed E-state index contributed by atoms with van der Waals surface area (Å²) in [6.07, 6.45) is 0. The van der Waals surface area contributed by atoms with Gasteiger partial charge in [-0.25, -0.2) is 0 Å². The lowest BCUT2D eigenvalue weighted by Gasteiger charge is -2.54. The molecule has 2 fully saturated rings. The number of fused-ring (bicyclic) bond motifs is 2. The molecule has 2 unspecified atom stereocenters. The Morgan fingerprint density at radius 1 is 1.20 bits per heavy atom. The van der Waals surface area contributed by atoms with Crippen LogP contribution in [0.1, 0.15) is 27.7 Å². The summed E-state index contributed by atoms with van der Waals surface area (Å²) in [6, 6.07) is 0. The molecule has 2 atom stereocenters. The van der Waals surface area contributed by atoms with Crippen LogP contribution in [0.5, 0.6) is 0 Å². The average molecular weight is 212 g/mol. The Morgan fingerprint density at radius 3 is 2.07 bits per heavy atom. The highest BCUT2D eigenvalue weighted by Gasteiger charge is 2.48. The second kappa shape index (κ2) is 3.44. The highest BCUT2D eigenvalue weighted by Crippen LogP contribution is 2.37. The monoisotopic (exact) mass is 212 g/mol. The number of nitrogens with one attached hydrogen (secondary N) is 1. The summed E-state index contributed by atoms with van der Waals surface area (Å²) in [7, 11) is 0. The van der Waals surface area contributed by atoms with E-state index in [0.29, 0.717) is 11.8 Å². The average Bonchev–Trinajstić information content (AvgIpc) is 1.97. The molecule has 2 bridgehead atoms. The summed E-state index contributed by atoms with van der Waals surface area (Å²) in [4.78, 5) is 2.52. The van der Waals surface area contributed by atoms with Gasteiger partial charge in [-0.15, -0.1) is 0 Å². The molecule has 0 radical (unpaired) electrons. The van der Waals surface area contributed by atoms with Crippen molar-refractivity contribution in [2.45, 2.75) is 38.8 Å². The molecule has 2 heterocycles. The molecule has 0 spiro atoms. The van der Waals surface area contributed by atoms with Gasteiger partial charge < -0.3 is 10.4 Å². The molecule has 0 aliphatic carbocycles. The molecule has 0 amide bonds. The van der Waals surface area contributed by atoms with Crippen molar-refractivity contribution in [2.24, 2.45) is 11.8 Å². The molecule has 88 valence electrons. The zero-order chi connectivity index (χ0) is 11.3. The van der Waals surface area contributed by atoms with Gasteiger partial charge in [-0.2, -0.15) is 0 Å². The van der Waals surface area contributed by atoms with Crippen molar-refractivity contribution in [3.63, 3.8) is 0 Å². The lowest BCUT2D eigenvalue weighted by atomic mass is 9.71. The third-order valence-electron chi connectivity index (χ3n) is 4.26. The van der Waals surface area contributed by atoms with Crippen LogP contribution in [0.25, 0.3) is 0 Å². The first-order valence-corrected chi connectivity index (χ1v) is 6.00. The minimum absolute atomic E-state index is 0.227. The number of aliphatic hydroxyl groups is 1. The van der Waals surface area contributed by atoms with E-state index in [-0.39, 0.29) is 5.54 Å². The summed E-state index contributed by atoms with van der Waals surface area (Å²) in [6.45, 7) is 12.7. The van der Waals surface area contributed by atoms with Gasteiger partial charge in [0, 0.05) is 43.6 Å². The molecule has 2 aliphatic rings. The maximum atomic E-state index is 10.5. The zero-order valence-electron chi connectivity index (χ0n) is 10.4. The van der Waals surface area contributed by atoms with E-state index in [1.165, 1.54) is 0 Å². The lowest BCUT2D eigenvalue weighted by molar-refractivity contribution is -0.133. The van der Waals surface area contributed by atoms with Gasteiger partial charge in [0.1, 0.15) is 0 Å². The molecule has 2 aliphatic heterocycles. The topological polar surface area (TPSA) is 35.5 Å². The van der Waals surface area contributed by atoms with Gasteiger partial charge in [-0.05, 0) is 27.7 Å². The number of hydrogen-bond donors (Lipinski definition) is 2. The summed E-state index contributed by atoms with van der Waals surface area (Å²) < 4.78 is 0. The molecular weight excluding hydrogens is 188 g/mol. The highest BCUT2D eigenvalue weighted by atomic mass is 16.3. The Labute approximate surface area is 92.8 Å². The molecule has 2 saturated heterocycles. The predicted molar refractivity (Wildman–Crippen MR) is 61.8 cm³/mol. The standard InChI is InChI=1S/C12H24N2O/c1-11(2,3)14-7-9-5-13-6-10(8-14)12(9,4)15/h9-10,13,15H,5-8H2,1-4H3. The van der Waals surface area contributed by atoms with Crippen molar-refractivity contribution in [1.82, 2.24) is 10.2 Å². The first kappa shape index (κ1) is 11.4. The molecule has 15 heavy (non-hydrogen) atoms. The van der Waals surface area contributed by atoms with Crippen LogP contribution in [0.4, 0.5) is 0 Å². The largest absolute Gasteiger partial charge is 0.389 e. The molecule has 0 aromatic rings. The molecular formula is C12H24N2O. The fourth-order valence-corrected chi connectivity index (χ4v) is 2.83. The molecule has 3 nitrogen and oxygen atoms in total.